The molecule has 1 heterocycles. The summed E-state index contributed by atoms with van der Waals surface area (Å²) in [4.78, 5) is 0. The van der Waals surface area contributed by atoms with Crippen molar-refractivity contribution in [2.75, 3.05) is 12.8 Å². The molecule has 0 amide bonds. The molecule has 1 aliphatic rings. The highest BCUT2D eigenvalue weighted by Crippen LogP contribution is 2.42. The summed E-state index contributed by atoms with van der Waals surface area (Å²) < 4.78 is 6.12. The number of hydrogen-bond acceptors (Lipinski definition) is 3. The Morgan fingerprint density at radius 1 is 1.50 bits per heavy atom. The SMILES string of the molecule is CSC1(CNC(C)c2ccc(C)o2)CCC1. The van der Waals surface area contributed by atoms with Crippen LogP contribution in [0.15, 0.2) is 16.5 Å². The molecule has 0 aromatic carbocycles. The van der Waals surface area contributed by atoms with Crippen LogP contribution < -0.4 is 5.32 Å². The smallest absolute Gasteiger partial charge is 0.120 e. The number of hydrogen-bond donors (Lipinski definition) is 1. The van der Waals surface area contributed by atoms with Crippen molar-refractivity contribution in [1.29, 1.82) is 0 Å². The first kappa shape index (κ1) is 12.1. The van der Waals surface area contributed by atoms with Crippen molar-refractivity contribution < 1.29 is 4.42 Å². The van der Waals surface area contributed by atoms with Gasteiger partial charge in [0.25, 0.3) is 0 Å². The average Bonchev–Trinajstić information content (AvgIpc) is 2.64. The lowest BCUT2D eigenvalue weighted by Crippen LogP contribution is -2.43. The van der Waals surface area contributed by atoms with Gasteiger partial charge in [-0.15, -0.1) is 0 Å². The van der Waals surface area contributed by atoms with Crippen LogP contribution in [0.4, 0.5) is 0 Å². The van der Waals surface area contributed by atoms with E-state index in [0.29, 0.717) is 10.8 Å². The standard InChI is InChI=1S/C13H21NOS/c1-10-5-6-12(15-10)11(2)14-9-13(16-3)7-4-8-13/h5-6,11,14H,4,7-9H2,1-3H3. The molecular weight excluding hydrogens is 218 g/mol. The highest BCUT2D eigenvalue weighted by Gasteiger charge is 2.36. The fraction of sp³-hybridized carbons (Fsp3) is 0.692. The molecular formula is C13H21NOS. The molecule has 1 aromatic heterocycles. The molecule has 0 radical (unpaired) electrons. The second-order valence-electron chi connectivity index (χ2n) is 4.79. The van der Waals surface area contributed by atoms with Gasteiger partial charge in [0, 0.05) is 11.3 Å². The molecule has 16 heavy (non-hydrogen) atoms. The topological polar surface area (TPSA) is 25.2 Å². The fourth-order valence-electron chi connectivity index (χ4n) is 2.15. The van der Waals surface area contributed by atoms with E-state index in [2.05, 4.69) is 24.6 Å². The van der Waals surface area contributed by atoms with Gasteiger partial charge in [0.15, 0.2) is 0 Å². The molecule has 90 valence electrons. The highest BCUT2D eigenvalue weighted by atomic mass is 32.2. The quantitative estimate of drug-likeness (QED) is 0.851. The third-order valence-electron chi connectivity index (χ3n) is 3.62. The van der Waals surface area contributed by atoms with Crippen molar-refractivity contribution in [1.82, 2.24) is 5.32 Å². The zero-order valence-corrected chi connectivity index (χ0v) is 11.2. The van der Waals surface area contributed by atoms with E-state index in [4.69, 9.17) is 4.42 Å². The van der Waals surface area contributed by atoms with Crippen molar-refractivity contribution in [3.05, 3.63) is 23.7 Å². The molecule has 1 saturated carbocycles. The molecule has 1 fully saturated rings. The molecule has 1 unspecified atom stereocenters. The van der Waals surface area contributed by atoms with Crippen LogP contribution in [0, 0.1) is 6.92 Å². The molecule has 0 aliphatic heterocycles. The molecule has 0 bridgehead atoms. The second kappa shape index (κ2) is 4.84. The van der Waals surface area contributed by atoms with Crippen LogP contribution >= 0.6 is 11.8 Å². The maximum atomic E-state index is 5.63. The van der Waals surface area contributed by atoms with E-state index in [0.717, 1.165) is 18.1 Å². The van der Waals surface area contributed by atoms with Gasteiger partial charge in [-0.2, -0.15) is 11.8 Å². The number of furan rings is 1. The van der Waals surface area contributed by atoms with Crippen molar-refractivity contribution in [3.63, 3.8) is 0 Å². The largest absolute Gasteiger partial charge is 0.465 e. The Bertz CT molecular complexity index is 338. The van der Waals surface area contributed by atoms with Crippen LogP contribution in [0.2, 0.25) is 0 Å². The summed E-state index contributed by atoms with van der Waals surface area (Å²) >= 11 is 2.01. The van der Waals surface area contributed by atoms with Gasteiger partial charge in [-0.3, -0.25) is 0 Å². The maximum absolute atomic E-state index is 5.63. The lowest BCUT2D eigenvalue weighted by Gasteiger charge is -2.41. The van der Waals surface area contributed by atoms with Crippen molar-refractivity contribution >= 4 is 11.8 Å². The minimum Gasteiger partial charge on any atom is -0.465 e. The summed E-state index contributed by atoms with van der Waals surface area (Å²) in [5.74, 6) is 2.04. The third kappa shape index (κ3) is 2.46. The fourth-order valence-corrected chi connectivity index (χ4v) is 3.07. The van der Waals surface area contributed by atoms with Gasteiger partial charge in [0.05, 0.1) is 6.04 Å². The lowest BCUT2D eigenvalue weighted by atomic mass is 9.84. The van der Waals surface area contributed by atoms with Crippen molar-refractivity contribution in [3.8, 4) is 0 Å². The van der Waals surface area contributed by atoms with Crippen molar-refractivity contribution in [2.24, 2.45) is 0 Å². The van der Waals surface area contributed by atoms with E-state index in [1.165, 1.54) is 19.3 Å². The van der Waals surface area contributed by atoms with E-state index in [-0.39, 0.29) is 0 Å². The summed E-state index contributed by atoms with van der Waals surface area (Å²) in [5, 5.41) is 3.59. The third-order valence-corrected chi connectivity index (χ3v) is 5.03. The van der Waals surface area contributed by atoms with Crippen LogP contribution in [-0.2, 0) is 0 Å². The summed E-state index contributed by atoms with van der Waals surface area (Å²) in [6.45, 7) is 5.26. The number of rotatable bonds is 5. The first-order valence-corrected chi connectivity index (χ1v) is 7.22. The minimum absolute atomic E-state index is 0.318. The molecule has 1 atom stereocenters. The Morgan fingerprint density at radius 3 is 2.69 bits per heavy atom. The Labute approximate surface area is 102 Å². The molecule has 3 heteroatoms. The normalized spacial score (nSPS) is 20.4. The molecule has 1 aliphatic carbocycles. The second-order valence-corrected chi connectivity index (χ2v) is 6.07. The van der Waals surface area contributed by atoms with Gasteiger partial charge in [-0.1, -0.05) is 6.42 Å². The molecule has 0 saturated heterocycles. The Morgan fingerprint density at radius 2 is 2.25 bits per heavy atom. The van der Waals surface area contributed by atoms with Crippen LogP contribution in [-0.4, -0.2) is 17.5 Å². The van der Waals surface area contributed by atoms with Gasteiger partial charge in [-0.25, -0.2) is 0 Å². The predicted octanol–water partition coefficient (Wildman–Crippen LogP) is 3.52. The summed E-state index contributed by atoms with van der Waals surface area (Å²) in [7, 11) is 0. The predicted molar refractivity (Wildman–Crippen MR) is 70.0 cm³/mol. The molecule has 0 spiro atoms. The zero-order valence-electron chi connectivity index (χ0n) is 10.4. The first-order chi connectivity index (χ1) is 7.65. The number of aryl methyl sites for hydroxylation is 1. The average molecular weight is 239 g/mol. The van der Waals surface area contributed by atoms with Crippen LogP contribution in [0.5, 0.6) is 0 Å². The summed E-state index contributed by atoms with van der Waals surface area (Å²) in [5.41, 5.74) is 0. The summed E-state index contributed by atoms with van der Waals surface area (Å²) in [6, 6.07) is 4.42. The van der Waals surface area contributed by atoms with E-state index >= 15 is 0 Å². The van der Waals surface area contributed by atoms with Gasteiger partial charge < -0.3 is 9.73 Å². The molecule has 1 aromatic rings. The van der Waals surface area contributed by atoms with E-state index in [1.54, 1.807) is 0 Å². The summed E-state index contributed by atoms with van der Waals surface area (Å²) in [6.07, 6.45) is 6.31. The van der Waals surface area contributed by atoms with Gasteiger partial charge in [0.1, 0.15) is 11.5 Å². The zero-order chi connectivity index (χ0) is 11.6. The van der Waals surface area contributed by atoms with Crippen LogP contribution in [0.1, 0.15) is 43.7 Å². The number of thioether (sulfide) groups is 1. The van der Waals surface area contributed by atoms with Gasteiger partial charge in [0.2, 0.25) is 0 Å². The van der Waals surface area contributed by atoms with E-state index in [9.17, 15) is 0 Å². The van der Waals surface area contributed by atoms with Crippen molar-refractivity contribution in [2.45, 2.75) is 43.9 Å². The Hall–Kier alpha value is -0.410. The van der Waals surface area contributed by atoms with E-state index < -0.39 is 0 Å². The Balaban J connectivity index is 1.86. The molecule has 2 nitrogen and oxygen atoms in total. The first-order valence-electron chi connectivity index (χ1n) is 6.00. The van der Waals surface area contributed by atoms with Crippen LogP contribution in [0.3, 0.4) is 0 Å². The monoisotopic (exact) mass is 239 g/mol. The number of nitrogens with one attached hydrogen (secondary N) is 1. The van der Waals surface area contributed by atoms with E-state index in [1.807, 2.05) is 24.8 Å². The maximum Gasteiger partial charge on any atom is 0.120 e. The highest BCUT2D eigenvalue weighted by molar-refractivity contribution is 8.00. The Kier molecular flexibility index (Phi) is 3.65. The molecule has 1 N–H and O–H groups in total. The minimum atomic E-state index is 0.318. The lowest BCUT2D eigenvalue weighted by molar-refractivity contribution is 0.321. The van der Waals surface area contributed by atoms with Crippen LogP contribution in [0.25, 0.3) is 0 Å². The van der Waals surface area contributed by atoms with Gasteiger partial charge >= 0.3 is 0 Å². The van der Waals surface area contributed by atoms with Gasteiger partial charge in [-0.05, 0) is 45.1 Å². The molecule has 2 rings (SSSR count).